The van der Waals surface area contributed by atoms with Crippen LogP contribution in [-0.4, -0.2) is 29.7 Å². The number of aryl methyl sites for hydroxylation is 2. The van der Waals surface area contributed by atoms with E-state index in [0.717, 1.165) is 21.7 Å². The zero-order valence-corrected chi connectivity index (χ0v) is 15.7. The normalized spacial score (nSPS) is 14.0. The summed E-state index contributed by atoms with van der Waals surface area (Å²) < 4.78 is 0. The number of likely N-dealkylation sites (N-methyl/N-ethyl adjacent to an activating group) is 1. The second kappa shape index (κ2) is 7.07. The molecule has 2 aromatic carbocycles. The second-order valence-corrected chi connectivity index (χ2v) is 6.60. The Morgan fingerprint density at radius 1 is 0.889 bits per heavy atom. The van der Waals surface area contributed by atoms with E-state index in [1.54, 1.807) is 24.3 Å². The molecule has 1 aliphatic rings. The summed E-state index contributed by atoms with van der Waals surface area (Å²) in [4.78, 5) is 37.5. The number of hydrogen-bond donors (Lipinski definition) is 2. The van der Waals surface area contributed by atoms with E-state index in [9.17, 15) is 14.4 Å². The van der Waals surface area contributed by atoms with Gasteiger partial charge in [0, 0.05) is 25.3 Å². The summed E-state index contributed by atoms with van der Waals surface area (Å²) in [7, 11) is 1.46. The van der Waals surface area contributed by atoms with Crippen LogP contribution in [0, 0.1) is 13.8 Å². The van der Waals surface area contributed by atoms with Crippen molar-refractivity contribution < 1.29 is 14.4 Å². The van der Waals surface area contributed by atoms with Crippen LogP contribution in [0.15, 0.2) is 48.2 Å². The molecule has 0 radical (unpaired) electrons. The summed E-state index contributed by atoms with van der Waals surface area (Å²) in [6.45, 7) is 5.43. The number of amides is 3. The number of carbonyl (C=O) groups is 3. The zero-order valence-electron chi connectivity index (χ0n) is 15.7. The third kappa shape index (κ3) is 3.60. The maximum absolute atomic E-state index is 12.6. The summed E-state index contributed by atoms with van der Waals surface area (Å²) >= 11 is 0. The van der Waals surface area contributed by atoms with Gasteiger partial charge in [0.15, 0.2) is 0 Å². The van der Waals surface area contributed by atoms with Gasteiger partial charge in [0.1, 0.15) is 5.70 Å². The van der Waals surface area contributed by atoms with Crippen LogP contribution in [-0.2, 0) is 14.4 Å². The van der Waals surface area contributed by atoms with Gasteiger partial charge in [0.2, 0.25) is 5.91 Å². The van der Waals surface area contributed by atoms with E-state index in [2.05, 4.69) is 10.6 Å². The Morgan fingerprint density at radius 3 is 2.11 bits per heavy atom. The van der Waals surface area contributed by atoms with Crippen LogP contribution in [0.4, 0.5) is 11.4 Å². The minimum absolute atomic E-state index is 0.175. The number of hydrogen-bond acceptors (Lipinski definition) is 4. The molecule has 1 heterocycles. The SMILES string of the molecule is CC(=O)Nc1ccc(C2=C(Nc3ccc(C)c(C)c3)C(=O)N(C)C2=O)cc1. The van der Waals surface area contributed by atoms with Crippen molar-refractivity contribution in [1.29, 1.82) is 0 Å². The lowest BCUT2D eigenvalue weighted by molar-refractivity contribution is -0.135. The van der Waals surface area contributed by atoms with Gasteiger partial charge in [-0.25, -0.2) is 0 Å². The van der Waals surface area contributed by atoms with Crippen molar-refractivity contribution in [2.24, 2.45) is 0 Å². The average Bonchev–Trinajstić information content (AvgIpc) is 2.83. The van der Waals surface area contributed by atoms with Gasteiger partial charge >= 0.3 is 0 Å². The molecule has 3 rings (SSSR count). The van der Waals surface area contributed by atoms with E-state index in [4.69, 9.17) is 0 Å². The third-order valence-electron chi connectivity index (χ3n) is 4.56. The van der Waals surface area contributed by atoms with Gasteiger partial charge in [0.25, 0.3) is 11.8 Å². The monoisotopic (exact) mass is 363 g/mol. The van der Waals surface area contributed by atoms with Crippen molar-refractivity contribution in [1.82, 2.24) is 4.90 Å². The number of nitrogens with one attached hydrogen (secondary N) is 2. The fourth-order valence-electron chi connectivity index (χ4n) is 2.91. The summed E-state index contributed by atoms with van der Waals surface area (Å²) in [6, 6.07) is 12.6. The molecule has 0 unspecified atom stereocenters. The van der Waals surface area contributed by atoms with Crippen LogP contribution < -0.4 is 10.6 Å². The summed E-state index contributed by atoms with van der Waals surface area (Å²) in [5.41, 5.74) is 4.78. The molecule has 0 atom stereocenters. The molecule has 1 aliphatic heterocycles. The smallest absolute Gasteiger partial charge is 0.277 e. The number of anilines is 2. The van der Waals surface area contributed by atoms with E-state index in [0.29, 0.717) is 16.8 Å². The van der Waals surface area contributed by atoms with Crippen LogP contribution in [0.5, 0.6) is 0 Å². The summed E-state index contributed by atoms with van der Waals surface area (Å²) in [6.07, 6.45) is 0. The van der Waals surface area contributed by atoms with Gasteiger partial charge in [-0.2, -0.15) is 0 Å². The highest BCUT2D eigenvalue weighted by molar-refractivity contribution is 6.36. The van der Waals surface area contributed by atoms with Crippen LogP contribution in [0.2, 0.25) is 0 Å². The zero-order chi connectivity index (χ0) is 19.7. The molecule has 6 nitrogen and oxygen atoms in total. The molecule has 0 aliphatic carbocycles. The molecule has 0 fully saturated rings. The molecule has 0 bridgehead atoms. The van der Waals surface area contributed by atoms with E-state index in [1.807, 2.05) is 32.0 Å². The predicted molar refractivity (Wildman–Crippen MR) is 105 cm³/mol. The molecule has 0 spiro atoms. The molecule has 2 aromatic rings. The first kappa shape index (κ1) is 18.4. The van der Waals surface area contributed by atoms with Gasteiger partial charge in [0.05, 0.1) is 5.57 Å². The Kier molecular flexibility index (Phi) is 4.81. The Labute approximate surface area is 157 Å². The molecule has 27 heavy (non-hydrogen) atoms. The Hall–Kier alpha value is -3.41. The number of nitrogens with zero attached hydrogens (tertiary/aromatic N) is 1. The molecule has 2 N–H and O–H groups in total. The minimum Gasteiger partial charge on any atom is -0.350 e. The standard InChI is InChI=1S/C21H21N3O3/c1-12-5-8-17(11-13(12)2)23-19-18(20(26)24(4)21(19)27)15-6-9-16(10-7-15)22-14(3)25/h5-11,23H,1-4H3,(H,22,25). The molecule has 0 saturated carbocycles. The van der Waals surface area contributed by atoms with E-state index < -0.39 is 0 Å². The lowest BCUT2D eigenvalue weighted by Crippen LogP contribution is -2.27. The van der Waals surface area contributed by atoms with Gasteiger partial charge in [-0.1, -0.05) is 18.2 Å². The van der Waals surface area contributed by atoms with Crippen molar-refractivity contribution >= 4 is 34.7 Å². The quantitative estimate of drug-likeness (QED) is 0.819. The molecular formula is C21H21N3O3. The van der Waals surface area contributed by atoms with Crippen LogP contribution >= 0.6 is 0 Å². The largest absolute Gasteiger partial charge is 0.350 e. The van der Waals surface area contributed by atoms with Crippen LogP contribution in [0.1, 0.15) is 23.6 Å². The first-order valence-corrected chi connectivity index (χ1v) is 8.57. The first-order chi connectivity index (χ1) is 12.8. The van der Waals surface area contributed by atoms with Gasteiger partial charge < -0.3 is 10.6 Å². The van der Waals surface area contributed by atoms with E-state index in [-0.39, 0.29) is 23.4 Å². The van der Waals surface area contributed by atoms with Gasteiger partial charge in [-0.05, 0) is 54.8 Å². The minimum atomic E-state index is -0.376. The fraction of sp³-hybridized carbons (Fsp3) is 0.190. The van der Waals surface area contributed by atoms with Crippen molar-refractivity contribution in [3.8, 4) is 0 Å². The van der Waals surface area contributed by atoms with E-state index in [1.165, 1.54) is 14.0 Å². The second-order valence-electron chi connectivity index (χ2n) is 6.60. The molecule has 0 aromatic heterocycles. The van der Waals surface area contributed by atoms with Crippen molar-refractivity contribution in [2.75, 3.05) is 17.7 Å². The number of imide groups is 1. The Bertz CT molecular complexity index is 975. The van der Waals surface area contributed by atoms with Crippen molar-refractivity contribution in [3.05, 3.63) is 64.9 Å². The molecular weight excluding hydrogens is 342 g/mol. The fourth-order valence-corrected chi connectivity index (χ4v) is 2.91. The number of benzene rings is 2. The topological polar surface area (TPSA) is 78.5 Å². The molecule has 138 valence electrons. The van der Waals surface area contributed by atoms with Gasteiger partial charge in [-0.15, -0.1) is 0 Å². The lowest BCUT2D eigenvalue weighted by atomic mass is 10.0. The van der Waals surface area contributed by atoms with Crippen molar-refractivity contribution in [3.63, 3.8) is 0 Å². The number of rotatable bonds is 4. The summed E-state index contributed by atoms with van der Waals surface area (Å²) in [5, 5.41) is 5.79. The van der Waals surface area contributed by atoms with Crippen LogP contribution in [0.3, 0.4) is 0 Å². The van der Waals surface area contributed by atoms with Gasteiger partial charge in [-0.3, -0.25) is 19.3 Å². The average molecular weight is 363 g/mol. The highest BCUT2D eigenvalue weighted by Gasteiger charge is 2.36. The summed E-state index contributed by atoms with van der Waals surface area (Å²) in [5.74, 6) is -0.913. The van der Waals surface area contributed by atoms with Crippen molar-refractivity contribution in [2.45, 2.75) is 20.8 Å². The molecule has 0 saturated heterocycles. The Balaban J connectivity index is 2.01. The third-order valence-corrected chi connectivity index (χ3v) is 4.56. The highest BCUT2D eigenvalue weighted by Crippen LogP contribution is 2.30. The lowest BCUT2D eigenvalue weighted by Gasteiger charge is -2.11. The highest BCUT2D eigenvalue weighted by atomic mass is 16.2. The predicted octanol–water partition coefficient (Wildman–Crippen LogP) is 3.08. The maximum Gasteiger partial charge on any atom is 0.277 e. The van der Waals surface area contributed by atoms with Crippen LogP contribution in [0.25, 0.3) is 5.57 Å². The molecule has 3 amide bonds. The number of carbonyl (C=O) groups excluding carboxylic acids is 3. The molecule has 6 heteroatoms. The maximum atomic E-state index is 12.6. The first-order valence-electron chi connectivity index (χ1n) is 8.57. The Morgan fingerprint density at radius 2 is 1.52 bits per heavy atom. The van der Waals surface area contributed by atoms with E-state index >= 15 is 0 Å².